The Morgan fingerprint density at radius 1 is 1.30 bits per heavy atom. The van der Waals surface area contributed by atoms with Gasteiger partial charge >= 0.3 is 0 Å². The number of rotatable bonds is 5. The number of hydrogen-bond acceptors (Lipinski definition) is 6. The van der Waals surface area contributed by atoms with Gasteiger partial charge in [0, 0.05) is 12.6 Å². The number of aromatic nitrogens is 3. The molecule has 0 spiro atoms. The van der Waals surface area contributed by atoms with Crippen LogP contribution in [-0.4, -0.2) is 34.3 Å². The predicted octanol–water partition coefficient (Wildman–Crippen LogP) is 3.26. The first-order valence-electron chi connectivity index (χ1n) is 7.24. The van der Waals surface area contributed by atoms with E-state index in [1.165, 1.54) is 12.8 Å². The van der Waals surface area contributed by atoms with Crippen LogP contribution in [0.15, 0.2) is 5.03 Å². The zero-order chi connectivity index (χ0) is 14.8. The lowest BCUT2D eigenvalue weighted by Crippen LogP contribution is -2.24. The molecule has 2 rings (SSSR count). The van der Waals surface area contributed by atoms with Gasteiger partial charge in [0.05, 0.1) is 0 Å². The minimum Gasteiger partial charge on any atom is -0.377 e. The lowest BCUT2D eigenvalue weighted by molar-refractivity contribution is 0.366. The van der Waals surface area contributed by atoms with Gasteiger partial charge in [-0.2, -0.15) is 0 Å². The Morgan fingerprint density at radius 3 is 2.60 bits per heavy atom. The highest BCUT2D eigenvalue weighted by Gasteiger charge is 2.37. The van der Waals surface area contributed by atoms with E-state index < -0.39 is 0 Å². The Morgan fingerprint density at radius 2 is 2.05 bits per heavy atom. The van der Waals surface area contributed by atoms with Crippen LogP contribution in [0.4, 0.5) is 11.5 Å². The van der Waals surface area contributed by atoms with E-state index >= 15 is 0 Å². The molecule has 6 heteroatoms. The standard InChI is InChI=1S/C14H25N5S/c1-6-15-12-11(13(20-5)18-19-17-12)16-10-8-14(3,4)7-9(10)2/h9-10H,6-8H2,1-5H3,(H,16,19)(H,15,17,18). The van der Waals surface area contributed by atoms with E-state index in [0.29, 0.717) is 17.4 Å². The van der Waals surface area contributed by atoms with Crippen molar-refractivity contribution in [1.82, 2.24) is 15.4 Å². The van der Waals surface area contributed by atoms with Crippen LogP contribution in [0.2, 0.25) is 0 Å². The quantitative estimate of drug-likeness (QED) is 0.813. The van der Waals surface area contributed by atoms with Crippen LogP contribution >= 0.6 is 11.8 Å². The summed E-state index contributed by atoms with van der Waals surface area (Å²) in [7, 11) is 0. The molecular weight excluding hydrogens is 270 g/mol. The first kappa shape index (κ1) is 15.4. The molecule has 2 atom stereocenters. The van der Waals surface area contributed by atoms with Gasteiger partial charge in [-0.15, -0.1) is 22.0 Å². The third-order valence-corrected chi connectivity index (χ3v) is 4.60. The third-order valence-electron chi connectivity index (χ3n) is 3.93. The summed E-state index contributed by atoms with van der Waals surface area (Å²) >= 11 is 1.60. The van der Waals surface area contributed by atoms with Crippen molar-refractivity contribution in [2.75, 3.05) is 23.4 Å². The summed E-state index contributed by atoms with van der Waals surface area (Å²) < 4.78 is 0. The van der Waals surface area contributed by atoms with Crippen LogP contribution in [0.1, 0.15) is 40.5 Å². The second-order valence-electron chi connectivity index (χ2n) is 6.35. The van der Waals surface area contributed by atoms with Gasteiger partial charge in [-0.1, -0.05) is 20.8 Å². The summed E-state index contributed by atoms with van der Waals surface area (Å²) in [6.45, 7) is 9.89. The zero-order valence-corrected chi connectivity index (χ0v) is 13.8. The summed E-state index contributed by atoms with van der Waals surface area (Å²) in [5.74, 6) is 1.46. The van der Waals surface area contributed by atoms with Crippen LogP contribution in [-0.2, 0) is 0 Å². The SMILES string of the molecule is CCNc1nnnc(SC)c1NC1CC(C)(C)CC1C. The van der Waals surface area contributed by atoms with Crippen LogP contribution < -0.4 is 10.6 Å². The molecule has 0 radical (unpaired) electrons. The molecule has 1 saturated carbocycles. The molecule has 1 aliphatic rings. The molecule has 0 amide bonds. The normalized spacial score (nSPS) is 24.6. The first-order valence-corrected chi connectivity index (χ1v) is 8.47. The molecule has 5 nitrogen and oxygen atoms in total. The highest BCUT2D eigenvalue weighted by Crippen LogP contribution is 2.43. The minimum absolute atomic E-state index is 0.406. The summed E-state index contributed by atoms with van der Waals surface area (Å²) in [6, 6.07) is 0.472. The summed E-state index contributed by atoms with van der Waals surface area (Å²) in [6.07, 6.45) is 4.45. The molecule has 2 unspecified atom stereocenters. The van der Waals surface area contributed by atoms with Crippen LogP contribution in [0.5, 0.6) is 0 Å². The number of nitrogens with one attached hydrogen (secondary N) is 2. The van der Waals surface area contributed by atoms with Crippen LogP contribution in [0.25, 0.3) is 0 Å². The summed E-state index contributed by atoms with van der Waals surface area (Å²) in [5.41, 5.74) is 1.41. The topological polar surface area (TPSA) is 62.7 Å². The molecule has 1 aromatic heterocycles. The van der Waals surface area contributed by atoms with Crippen LogP contribution in [0, 0.1) is 11.3 Å². The smallest absolute Gasteiger partial charge is 0.176 e. The molecule has 1 aliphatic carbocycles. The second kappa shape index (κ2) is 6.16. The molecule has 2 N–H and O–H groups in total. The number of hydrogen-bond donors (Lipinski definition) is 2. The van der Waals surface area contributed by atoms with Gasteiger partial charge in [-0.25, -0.2) is 0 Å². The van der Waals surface area contributed by atoms with Gasteiger partial charge in [-0.05, 0) is 42.6 Å². The molecule has 1 fully saturated rings. The molecule has 0 bridgehead atoms. The van der Waals surface area contributed by atoms with Crippen molar-refractivity contribution in [3.05, 3.63) is 0 Å². The van der Waals surface area contributed by atoms with E-state index in [1.807, 2.05) is 6.26 Å². The predicted molar refractivity (Wildman–Crippen MR) is 85.4 cm³/mol. The summed E-state index contributed by atoms with van der Waals surface area (Å²) in [5, 5.41) is 20.0. The second-order valence-corrected chi connectivity index (χ2v) is 7.15. The first-order chi connectivity index (χ1) is 9.46. The molecule has 0 saturated heterocycles. The third kappa shape index (κ3) is 3.34. The Balaban J connectivity index is 2.23. The molecule has 1 heterocycles. The van der Waals surface area contributed by atoms with Crippen molar-refractivity contribution >= 4 is 23.3 Å². The van der Waals surface area contributed by atoms with Crippen molar-refractivity contribution < 1.29 is 0 Å². The lowest BCUT2D eigenvalue weighted by atomic mass is 9.91. The average Bonchev–Trinajstić information content (AvgIpc) is 2.64. The highest BCUT2D eigenvalue weighted by atomic mass is 32.2. The zero-order valence-electron chi connectivity index (χ0n) is 13.0. The molecule has 1 aromatic rings. The Bertz CT molecular complexity index is 463. The Labute approximate surface area is 125 Å². The van der Waals surface area contributed by atoms with Gasteiger partial charge in [0.1, 0.15) is 10.7 Å². The van der Waals surface area contributed by atoms with Crippen molar-refractivity contribution in [2.24, 2.45) is 11.3 Å². The van der Waals surface area contributed by atoms with Gasteiger partial charge in [-0.3, -0.25) is 0 Å². The van der Waals surface area contributed by atoms with Gasteiger partial charge < -0.3 is 10.6 Å². The van der Waals surface area contributed by atoms with Crippen molar-refractivity contribution in [1.29, 1.82) is 0 Å². The van der Waals surface area contributed by atoms with Crippen LogP contribution in [0.3, 0.4) is 0 Å². The Hall–Kier alpha value is -1.04. The van der Waals surface area contributed by atoms with Gasteiger partial charge in [0.15, 0.2) is 5.82 Å². The van der Waals surface area contributed by atoms with E-state index in [1.54, 1.807) is 11.8 Å². The fraction of sp³-hybridized carbons (Fsp3) is 0.786. The largest absolute Gasteiger partial charge is 0.377 e. The molecular formula is C14H25N5S. The summed E-state index contributed by atoms with van der Waals surface area (Å²) in [4.78, 5) is 0. The lowest BCUT2D eigenvalue weighted by Gasteiger charge is -2.22. The van der Waals surface area contributed by atoms with E-state index in [4.69, 9.17) is 0 Å². The van der Waals surface area contributed by atoms with Gasteiger partial charge in [0.25, 0.3) is 0 Å². The molecule has 0 aromatic carbocycles. The molecule has 0 aliphatic heterocycles. The maximum atomic E-state index is 4.14. The molecule has 20 heavy (non-hydrogen) atoms. The molecule has 112 valence electrons. The number of nitrogens with zero attached hydrogens (tertiary/aromatic N) is 3. The highest BCUT2D eigenvalue weighted by molar-refractivity contribution is 7.98. The number of anilines is 2. The van der Waals surface area contributed by atoms with Crippen molar-refractivity contribution in [3.63, 3.8) is 0 Å². The van der Waals surface area contributed by atoms with Gasteiger partial charge in [0.2, 0.25) is 0 Å². The van der Waals surface area contributed by atoms with E-state index in [0.717, 1.165) is 23.1 Å². The fourth-order valence-electron chi connectivity index (χ4n) is 3.15. The Kier molecular flexibility index (Phi) is 4.73. The maximum Gasteiger partial charge on any atom is 0.176 e. The monoisotopic (exact) mass is 295 g/mol. The van der Waals surface area contributed by atoms with E-state index in [2.05, 4.69) is 53.7 Å². The number of thioether (sulfide) groups is 1. The van der Waals surface area contributed by atoms with Crippen molar-refractivity contribution in [3.8, 4) is 0 Å². The van der Waals surface area contributed by atoms with Crippen molar-refractivity contribution in [2.45, 2.75) is 51.6 Å². The fourth-order valence-corrected chi connectivity index (χ4v) is 3.62. The average molecular weight is 295 g/mol. The maximum absolute atomic E-state index is 4.14. The minimum atomic E-state index is 0.406. The van der Waals surface area contributed by atoms with E-state index in [9.17, 15) is 0 Å². The van der Waals surface area contributed by atoms with E-state index in [-0.39, 0.29) is 0 Å².